The minimum Gasteiger partial charge on any atom is -0.493 e. The van der Waals surface area contributed by atoms with Crippen LogP contribution in [-0.4, -0.2) is 23.9 Å². The van der Waals surface area contributed by atoms with Crippen molar-refractivity contribution in [2.45, 2.75) is 58.0 Å². The van der Waals surface area contributed by atoms with Crippen LogP contribution in [0.1, 0.15) is 50.8 Å². The smallest absolute Gasteiger partial charge is 0.167 e. The molecule has 2 aromatic rings. The number of aliphatic hydroxyl groups is 1. The monoisotopic (exact) mass is 414 g/mol. The predicted octanol–water partition coefficient (Wildman–Crippen LogP) is 5.29. The van der Waals surface area contributed by atoms with Gasteiger partial charge in [0.1, 0.15) is 12.4 Å². The van der Waals surface area contributed by atoms with Gasteiger partial charge in [-0.1, -0.05) is 31.2 Å². The van der Waals surface area contributed by atoms with Crippen LogP contribution in [0.4, 0.5) is 4.39 Å². The number of fused-ring (bicyclic) bond motifs is 2. The summed E-state index contributed by atoms with van der Waals surface area (Å²) in [6, 6.07) is 12.2. The molecule has 1 aliphatic heterocycles. The lowest BCUT2D eigenvalue weighted by atomic mass is 9.63. The van der Waals surface area contributed by atoms with Gasteiger partial charge in [-0.05, 0) is 68.2 Å². The van der Waals surface area contributed by atoms with Gasteiger partial charge in [-0.3, -0.25) is 0 Å². The van der Waals surface area contributed by atoms with Gasteiger partial charge in [-0.2, -0.15) is 0 Å². The SMILES string of the molecule is COc1cccc([C@@H]2OC(C)(C)[C@H]3C[C@H]2[C@H](C)[C@@H](O)C3)c1OCc1cccc(F)c1. The van der Waals surface area contributed by atoms with Crippen LogP contribution in [0, 0.1) is 23.6 Å². The highest BCUT2D eigenvalue weighted by Crippen LogP contribution is 2.55. The first-order chi connectivity index (χ1) is 14.3. The van der Waals surface area contributed by atoms with E-state index < -0.39 is 0 Å². The van der Waals surface area contributed by atoms with Crippen LogP contribution in [-0.2, 0) is 11.3 Å². The van der Waals surface area contributed by atoms with Gasteiger partial charge in [0.15, 0.2) is 11.5 Å². The molecule has 2 aromatic carbocycles. The fourth-order valence-corrected chi connectivity index (χ4v) is 5.06. The Balaban J connectivity index is 1.69. The highest BCUT2D eigenvalue weighted by Gasteiger charge is 2.51. The maximum absolute atomic E-state index is 13.6. The van der Waals surface area contributed by atoms with Crippen molar-refractivity contribution in [3.63, 3.8) is 0 Å². The number of methoxy groups -OCH3 is 1. The van der Waals surface area contributed by atoms with Gasteiger partial charge in [0.2, 0.25) is 0 Å². The van der Waals surface area contributed by atoms with Gasteiger partial charge in [0.25, 0.3) is 0 Å². The number of benzene rings is 2. The van der Waals surface area contributed by atoms with E-state index in [9.17, 15) is 9.50 Å². The van der Waals surface area contributed by atoms with Crippen molar-refractivity contribution >= 4 is 0 Å². The van der Waals surface area contributed by atoms with Crippen LogP contribution >= 0.6 is 0 Å². The third-order valence-corrected chi connectivity index (χ3v) is 6.98. The molecule has 0 amide bonds. The minimum absolute atomic E-state index is 0.129. The van der Waals surface area contributed by atoms with Gasteiger partial charge < -0.3 is 19.3 Å². The van der Waals surface area contributed by atoms with Crippen molar-refractivity contribution < 1.29 is 23.7 Å². The van der Waals surface area contributed by atoms with Gasteiger partial charge in [-0.25, -0.2) is 4.39 Å². The number of aliphatic hydroxyl groups excluding tert-OH is 1. The molecule has 5 heteroatoms. The summed E-state index contributed by atoms with van der Waals surface area (Å²) >= 11 is 0. The Labute approximate surface area is 178 Å². The Bertz CT molecular complexity index is 896. The molecular formula is C25H31FO4. The lowest BCUT2D eigenvalue weighted by Crippen LogP contribution is -2.52. The van der Waals surface area contributed by atoms with Crippen molar-refractivity contribution in [2.75, 3.05) is 7.11 Å². The summed E-state index contributed by atoms with van der Waals surface area (Å²) in [5.41, 5.74) is 1.33. The maximum atomic E-state index is 13.6. The lowest BCUT2D eigenvalue weighted by Gasteiger charge is -2.53. The van der Waals surface area contributed by atoms with E-state index in [4.69, 9.17) is 14.2 Å². The topological polar surface area (TPSA) is 47.9 Å². The van der Waals surface area contributed by atoms with Crippen LogP contribution in [0.2, 0.25) is 0 Å². The van der Waals surface area contributed by atoms with Crippen LogP contribution in [0.3, 0.4) is 0 Å². The molecular weight excluding hydrogens is 383 g/mol. The first-order valence-corrected chi connectivity index (χ1v) is 10.7. The summed E-state index contributed by atoms with van der Waals surface area (Å²) in [6.45, 7) is 6.55. The molecule has 2 fully saturated rings. The number of ether oxygens (including phenoxy) is 3. The summed E-state index contributed by atoms with van der Waals surface area (Å²) in [5.74, 6) is 1.60. The number of hydrogen-bond acceptors (Lipinski definition) is 4. The molecule has 4 rings (SSSR count). The lowest BCUT2D eigenvalue weighted by molar-refractivity contribution is -0.215. The Morgan fingerprint density at radius 1 is 1.17 bits per heavy atom. The largest absolute Gasteiger partial charge is 0.493 e. The Kier molecular flexibility index (Phi) is 5.78. The van der Waals surface area contributed by atoms with E-state index in [0.29, 0.717) is 17.4 Å². The standard InChI is InChI=1S/C25H31FO4/c1-15-20-12-17(13-21(15)27)25(2,3)30-23(20)19-9-6-10-22(28-4)24(19)29-14-16-7-5-8-18(26)11-16/h5-11,15,17,20-21,23,27H,12-14H2,1-4H3/t15-,17-,20-,21-,23-/m0/s1. The van der Waals surface area contributed by atoms with Gasteiger partial charge >= 0.3 is 0 Å². The van der Waals surface area contributed by atoms with E-state index in [2.05, 4.69) is 20.8 Å². The Morgan fingerprint density at radius 3 is 2.67 bits per heavy atom. The second kappa shape index (κ2) is 8.20. The second-order valence-electron chi connectivity index (χ2n) is 9.20. The van der Waals surface area contributed by atoms with Crippen LogP contribution in [0.15, 0.2) is 42.5 Å². The zero-order chi connectivity index (χ0) is 21.5. The molecule has 1 heterocycles. The van der Waals surface area contributed by atoms with E-state index in [1.54, 1.807) is 13.2 Å². The molecule has 162 valence electrons. The minimum atomic E-state index is -0.342. The summed E-state index contributed by atoms with van der Waals surface area (Å²) < 4.78 is 32.0. The van der Waals surface area contributed by atoms with Crippen LogP contribution in [0.5, 0.6) is 11.5 Å². The average molecular weight is 415 g/mol. The third kappa shape index (κ3) is 3.93. The van der Waals surface area contributed by atoms with Gasteiger partial charge in [0.05, 0.1) is 24.9 Å². The average Bonchev–Trinajstić information content (AvgIpc) is 2.72. The molecule has 4 nitrogen and oxygen atoms in total. The zero-order valence-corrected chi connectivity index (χ0v) is 18.1. The van der Waals surface area contributed by atoms with Gasteiger partial charge in [0, 0.05) is 5.56 Å². The molecule has 0 aromatic heterocycles. The summed E-state index contributed by atoms with van der Waals surface area (Å²) in [7, 11) is 1.61. The van der Waals surface area contributed by atoms with E-state index >= 15 is 0 Å². The third-order valence-electron chi connectivity index (χ3n) is 6.98. The quantitative estimate of drug-likeness (QED) is 0.723. The number of hydrogen-bond donors (Lipinski definition) is 1. The van der Waals surface area contributed by atoms with Crippen molar-refractivity contribution in [1.82, 2.24) is 0 Å². The van der Waals surface area contributed by atoms with Crippen molar-refractivity contribution in [2.24, 2.45) is 17.8 Å². The molecule has 0 radical (unpaired) electrons. The molecule has 2 bridgehead atoms. The number of halogens is 1. The summed E-state index contributed by atoms with van der Waals surface area (Å²) in [4.78, 5) is 0. The highest BCUT2D eigenvalue weighted by molar-refractivity contribution is 5.48. The summed E-state index contributed by atoms with van der Waals surface area (Å²) in [5, 5.41) is 10.7. The molecule has 30 heavy (non-hydrogen) atoms. The van der Waals surface area contributed by atoms with Gasteiger partial charge in [-0.15, -0.1) is 0 Å². The second-order valence-corrected chi connectivity index (χ2v) is 9.20. The number of para-hydroxylation sites is 1. The molecule has 1 saturated carbocycles. The van der Waals surface area contributed by atoms with Crippen molar-refractivity contribution in [3.8, 4) is 11.5 Å². The van der Waals surface area contributed by atoms with E-state index in [1.165, 1.54) is 12.1 Å². The highest BCUT2D eigenvalue weighted by atomic mass is 19.1. The molecule has 5 atom stereocenters. The van der Waals surface area contributed by atoms with Crippen LogP contribution < -0.4 is 9.47 Å². The van der Waals surface area contributed by atoms with Crippen LogP contribution in [0.25, 0.3) is 0 Å². The fraction of sp³-hybridized carbons (Fsp3) is 0.520. The number of rotatable bonds is 5. The Morgan fingerprint density at radius 2 is 1.93 bits per heavy atom. The summed E-state index contributed by atoms with van der Waals surface area (Å²) in [6.07, 6.45) is 1.25. The first kappa shape index (κ1) is 21.1. The van der Waals surface area contributed by atoms with E-state index in [0.717, 1.165) is 24.0 Å². The molecule has 2 aliphatic rings. The molecule has 1 aliphatic carbocycles. The van der Waals surface area contributed by atoms with E-state index in [-0.39, 0.29) is 42.1 Å². The van der Waals surface area contributed by atoms with E-state index in [1.807, 2.05) is 24.3 Å². The maximum Gasteiger partial charge on any atom is 0.167 e. The fourth-order valence-electron chi connectivity index (χ4n) is 5.06. The zero-order valence-electron chi connectivity index (χ0n) is 18.1. The predicted molar refractivity (Wildman–Crippen MR) is 113 cm³/mol. The molecule has 1 saturated heterocycles. The van der Waals surface area contributed by atoms with Crippen molar-refractivity contribution in [3.05, 3.63) is 59.4 Å². The molecule has 1 N–H and O–H groups in total. The normalized spacial score (nSPS) is 30.0. The first-order valence-electron chi connectivity index (χ1n) is 10.7. The Hall–Kier alpha value is -2.11. The van der Waals surface area contributed by atoms with Crippen molar-refractivity contribution in [1.29, 1.82) is 0 Å². The molecule has 0 unspecified atom stereocenters. The molecule has 0 spiro atoms.